The summed E-state index contributed by atoms with van der Waals surface area (Å²) in [5.74, 6) is 0. The van der Waals surface area contributed by atoms with Crippen molar-refractivity contribution < 1.29 is 4.79 Å². The predicted octanol–water partition coefficient (Wildman–Crippen LogP) is 3.95. The van der Waals surface area contributed by atoms with Crippen molar-refractivity contribution in [1.29, 1.82) is 0 Å². The summed E-state index contributed by atoms with van der Waals surface area (Å²) in [6.07, 6.45) is 2.94. The molecule has 1 rings (SSSR count). The number of aryl methyl sites for hydroxylation is 2. The Kier molecular flexibility index (Phi) is 4.77. The Labute approximate surface area is 105 Å². The summed E-state index contributed by atoms with van der Waals surface area (Å²) in [5.41, 5.74) is 4.74. The quantitative estimate of drug-likeness (QED) is 0.607. The number of benzene rings is 1. The van der Waals surface area contributed by atoms with Gasteiger partial charge in [0.05, 0.1) is 0 Å². The molecule has 1 aromatic carbocycles. The highest BCUT2D eigenvalue weighted by Crippen LogP contribution is 2.22. The predicted molar refractivity (Wildman–Crippen MR) is 72.9 cm³/mol. The second-order valence-electron chi connectivity index (χ2n) is 3.62. The van der Waals surface area contributed by atoms with Gasteiger partial charge in [0.25, 0.3) is 0 Å². The van der Waals surface area contributed by atoms with Crippen molar-refractivity contribution in [3.63, 3.8) is 0 Å². The molecule has 82 valence electrons. The van der Waals surface area contributed by atoms with E-state index in [2.05, 4.69) is 26.8 Å². The van der Waals surface area contributed by atoms with Gasteiger partial charge in [0.2, 0.25) is 3.79 Å². The van der Waals surface area contributed by atoms with E-state index in [4.69, 9.17) is 0 Å². The lowest BCUT2D eigenvalue weighted by Crippen LogP contribution is -2.03. The number of carbonyl (C=O) groups excluding carboxylic acids is 1. The molecule has 0 heterocycles. The topological polar surface area (TPSA) is 17.1 Å². The van der Waals surface area contributed by atoms with Gasteiger partial charge in [-0.25, -0.2) is 0 Å². The molecule has 0 aliphatic carbocycles. The van der Waals surface area contributed by atoms with Crippen LogP contribution in [0.5, 0.6) is 0 Å². The van der Waals surface area contributed by atoms with E-state index in [9.17, 15) is 4.79 Å². The molecule has 0 saturated carbocycles. The van der Waals surface area contributed by atoms with Crippen LogP contribution in [0, 0.1) is 0 Å². The molecule has 0 amide bonds. The molecule has 0 aromatic heterocycles. The van der Waals surface area contributed by atoms with Crippen LogP contribution in [0.4, 0.5) is 0 Å². The summed E-state index contributed by atoms with van der Waals surface area (Å²) in [6.45, 7) is 6.39. The maximum atomic E-state index is 11.5. The number of hydrogen-bond donors (Lipinski definition) is 0. The van der Waals surface area contributed by atoms with Gasteiger partial charge in [-0.2, -0.15) is 0 Å². The molecule has 0 radical (unpaired) electrons. The third kappa shape index (κ3) is 2.80. The second kappa shape index (κ2) is 5.64. The zero-order valence-corrected chi connectivity index (χ0v) is 11.7. The lowest BCUT2D eigenvalue weighted by molar-refractivity contribution is 0.110. The number of halogens is 1. The molecule has 15 heavy (non-hydrogen) atoms. The average Bonchev–Trinajstić information content (AvgIpc) is 2.26. The van der Waals surface area contributed by atoms with Crippen LogP contribution in [0.15, 0.2) is 12.1 Å². The molecule has 0 bridgehead atoms. The van der Waals surface area contributed by atoms with Crippen LogP contribution in [0.3, 0.4) is 0 Å². The van der Waals surface area contributed by atoms with Crippen LogP contribution in [0.25, 0.3) is 0 Å². The molecule has 2 heteroatoms. The Morgan fingerprint density at radius 3 is 2.20 bits per heavy atom. The van der Waals surface area contributed by atoms with Gasteiger partial charge in [0, 0.05) is 28.2 Å². The van der Waals surface area contributed by atoms with E-state index >= 15 is 0 Å². The first-order valence-electron chi connectivity index (χ1n) is 5.48. The Morgan fingerprint density at radius 2 is 1.80 bits per heavy atom. The smallest absolute Gasteiger partial charge is 0.222 e. The molecule has 0 aliphatic heterocycles. The highest BCUT2D eigenvalue weighted by atomic mass is 127. The summed E-state index contributed by atoms with van der Waals surface area (Å²) in [5, 5.41) is 0. The van der Waals surface area contributed by atoms with Crippen LogP contribution < -0.4 is 0 Å². The lowest BCUT2D eigenvalue weighted by Gasteiger charge is -2.12. The molecule has 0 N–H and O–H groups in total. The highest BCUT2D eigenvalue weighted by Gasteiger charge is 2.12. The minimum absolute atomic E-state index is 0.162. The van der Waals surface area contributed by atoms with Gasteiger partial charge in [-0.3, -0.25) is 4.79 Å². The van der Waals surface area contributed by atoms with E-state index < -0.39 is 0 Å². The Bertz CT molecular complexity index is 369. The Hall–Kier alpha value is -0.380. The molecule has 0 fully saturated rings. The van der Waals surface area contributed by atoms with Gasteiger partial charge >= 0.3 is 0 Å². The summed E-state index contributed by atoms with van der Waals surface area (Å²) in [7, 11) is 0. The van der Waals surface area contributed by atoms with Crippen molar-refractivity contribution in [1.82, 2.24) is 0 Å². The molecule has 1 aromatic rings. The zero-order chi connectivity index (χ0) is 11.4. The van der Waals surface area contributed by atoms with Crippen LogP contribution in [0.2, 0.25) is 0 Å². The van der Waals surface area contributed by atoms with Crippen molar-refractivity contribution in [2.24, 2.45) is 0 Å². The highest BCUT2D eigenvalue weighted by molar-refractivity contribution is 14.1. The summed E-state index contributed by atoms with van der Waals surface area (Å²) in [4.78, 5) is 11.5. The Morgan fingerprint density at radius 1 is 1.13 bits per heavy atom. The van der Waals surface area contributed by atoms with E-state index in [1.165, 1.54) is 16.7 Å². The monoisotopic (exact) mass is 316 g/mol. The van der Waals surface area contributed by atoms with Crippen molar-refractivity contribution >= 4 is 26.4 Å². The second-order valence-corrected chi connectivity index (χ2v) is 4.60. The fourth-order valence-corrected chi connectivity index (χ4v) is 2.39. The third-order valence-corrected chi connectivity index (χ3v) is 3.34. The first kappa shape index (κ1) is 12.7. The molecular formula is C13H17IO. The van der Waals surface area contributed by atoms with Crippen molar-refractivity contribution in [3.8, 4) is 0 Å². The maximum Gasteiger partial charge on any atom is 0.222 e. The van der Waals surface area contributed by atoms with Crippen LogP contribution >= 0.6 is 22.6 Å². The van der Waals surface area contributed by atoms with Crippen LogP contribution in [0.1, 0.15) is 47.8 Å². The van der Waals surface area contributed by atoms with E-state index in [0.29, 0.717) is 0 Å². The largest absolute Gasteiger partial charge is 0.282 e. The van der Waals surface area contributed by atoms with Crippen molar-refractivity contribution in [3.05, 3.63) is 34.4 Å². The van der Waals surface area contributed by atoms with E-state index in [1.54, 1.807) is 0 Å². The molecule has 0 spiro atoms. The fourth-order valence-electron chi connectivity index (χ4n) is 1.91. The van der Waals surface area contributed by atoms with E-state index in [0.717, 1.165) is 24.8 Å². The number of rotatable bonds is 4. The first-order chi connectivity index (χ1) is 7.13. The minimum atomic E-state index is 0.162. The third-order valence-electron chi connectivity index (χ3n) is 2.76. The standard InChI is InChI=1S/C13H17IO/c1-4-9-7-10(5-2)11(6-3)12(8-9)13(14)15/h7-8H,4-6H2,1-3H3. The fraction of sp³-hybridized carbons (Fsp3) is 0.462. The molecule has 0 aliphatic rings. The van der Waals surface area contributed by atoms with Gasteiger partial charge in [0.1, 0.15) is 0 Å². The number of hydrogen-bond acceptors (Lipinski definition) is 1. The molecular weight excluding hydrogens is 299 g/mol. The maximum absolute atomic E-state index is 11.5. The summed E-state index contributed by atoms with van der Waals surface area (Å²) in [6, 6.07) is 4.29. The normalized spacial score (nSPS) is 10.4. The van der Waals surface area contributed by atoms with Crippen molar-refractivity contribution in [2.45, 2.75) is 40.0 Å². The van der Waals surface area contributed by atoms with Crippen molar-refractivity contribution in [2.75, 3.05) is 0 Å². The van der Waals surface area contributed by atoms with E-state index in [1.807, 2.05) is 28.7 Å². The lowest BCUT2D eigenvalue weighted by atomic mass is 9.94. The van der Waals surface area contributed by atoms with Gasteiger partial charge in [0.15, 0.2) is 0 Å². The van der Waals surface area contributed by atoms with E-state index in [-0.39, 0.29) is 3.79 Å². The SMILES string of the molecule is CCc1cc(CC)c(CC)c(C(=O)I)c1. The number of carbonyl (C=O) groups is 1. The van der Waals surface area contributed by atoms with Crippen LogP contribution in [-0.4, -0.2) is 3.79 Å². The molecule has 0 atom stereocenters. The Balaban J connectivity index is 3.39. The van der Waals surface area contributed by atoms with Gasteiger partial charge in [-0.15, -0.1) is 0 Å². The molecule has 1 nitrogen and oxygen atoms in total. The van der Waals surface area contributed by atoms with Crippen LogP contribution in [-0.2, 0) is 19.3 Å². The van der Waals surface area contributed by atoms with Gasteiger partial charge in [-0.05, 0) is 42.0 Å². The minimum Gasteiger partial charge on any atom is -0.282 e. The molecule has 0 unspecified atom stereocenters. The molecule has 0 saturated heterocycles. The first-order valence-corrected chi connectivity index (χ1v) is 6.56. The van der Waals surface area contributed by atoms with Gasteiger partial charge < -0.3 is 0 Å². The zero-order valence-electron chi connectivity index (χ0n) is 9.56. The summed E-state index contributed by atoms with van der Waals surface area (Å²) < 4.78 is 0.162. The average molecular weight is 316 g/mol. The summed E-state index contributed by atoms with van der Waals surface area (Å²) >= 11 is 1.88. The van der Waals surface area contributed by atoms with Gasteiger partial charge in [-0.1, -0.05) is 26.8 Å².